The van der Waals surface area contributed by atoms with Crippen LogP contribution in [-0.2, 0) is 9.59 Å². The number of quaternary nitrogens is 1. The highest BCUT2D eigenvalue weighted by Crippen LogP contribution is 0.925. The van der Waals surface area contributed by atoms with Crippen molar-refractivity contribution in [3.05, 3.63) is 0 Å². The van der Waals surface area contributed by atoms with Gasteiger partial charge in [-0.25, -0.2) is 0 Å². The average molecular weight is 168 g/mol. The van der Waals surface area contributed by atoms with E-state index in [1.807, 2.05) is 0 Å². The number of carbonyl (C=O) groups is 2. The van der Waals surface area contributed by atoms with Crippen molar-refractivity contribution in [2.75, 3.05) is 0 Å². The number of rotatable bonds is 0. The first kappa shape index (κ1) is 22.9. The van der Waals surface area contributed by atoms with Gasteiger partial charge in [0.15, 0.2) is 0 Å². The lowest BCUT2D eigenvalue weighted by Gasteiger charge is -1.59. The highest BCUT2D eigenvalue weighted by molar-refractivity contribution is 5.68. The Labute approximate surface area is 62.9 Å². The van der Waals surface area contributed by atoms with Crippen LogP contribution in [0.4, 0.5) is 0 Å². The van der Waals surface area contributed by atoms with E-state index < -0.39 is 12.9 Å². The second-order valence-corrected chi connectivity index (χ2v) is 0.692. The summed E-state index contributed by atoms with van der Waals surface area (Å²) in [4.78, 5) is 16.5. The van der Waals surface area contributed by atoms with Crippen molar-refractivity contribution in [3.63, 3.8) is 0 Å². The van der Waals surface area contributed by atoms with Crippen molar-refractivity contribution < 1.29 is 25.2 Å². The molecule has 0 heterocycles. The SMILES string of the molecule is NC(N)=[NH2+].O=C[O-].O=C[O-].[NH4+]. The molecule has 0 amide bonds. The molecule has 0 aromatic heterocycles. The van der Waals surface area contributed by atoms with Gasteiger partial charge in [-0.3, -0.25) is 16.9 Å². The van der Waals surface area contributed by atoms with Crippen LogP contribution < -0.4 is 33.2 Å². The molecule has 0 aromatic carbocycles. The Kier molecular flexibility index (Phi) is 87.0. The van der Waals surface area contributed by atoms with E-state index in [2.05, 4.69) is 16.9 Å². The Balaban J connectivity index is -0.0000000325. The summed E-state index contributed by atoms with van der Waals surface area (Å²) in [6.45, 7) is -1.00. The summed E-state index contributed by atoms with van der Waals surface area (Å²) in [6, 6.07) is 0. The summed E-state index contributed by atoms with van der Waals surface area (Å²) in [5.74, 6) is -0.0833. The molecule has 0 bridgehead atoms. The molecule has 0 fully saturated rings. The molecule has 0 radical (unpaired) electrons. The van der Waals surface area contributed by atoms with Gasteiger partial charge < -0.3 is 26.0 Å². The third-order valence-corrected chi connectivity index (χ3v) is 0. The lowest BCUT2D eigenvalue weighted by Crippen LogP contribution is -2.51. The van der Waals surface area contributed by atoms with Gasteiger partial charge in [0.1, 0.15) is 0 Å². The van der Waals surface area contributed by atoms with Gasteiger partial charge in [0.05, 0.1) is 0 Å². The van der Waals surface area contributed by atoms with Gasteiger partial charge in [-0.1, -0.05) is 0 Å². The summed E-state index contributed by atoms with van der Waals surface area (Å²) in [7, 11) is 0. The number of carbonyl (C=O) groups excluding carboxylic acids is 2. The van der Waals surface area contributed by atoms with Crippen molar-refractivity contribution in [2.45, 2.75) is 0 Å². The molecule has 0 spiro atoms. The van der Waals surface area contributed by atoms with Crippen LogP contribution >= 0.6 is 0 Å². The molecule has 0 saturated heterocycles. The normalized spacial score (nSPS) is 4.36. The summed E-state index contributed by atoms with van der Waals surface area (Å²) in [5.41, 5.74) is 9.17. The highest BCUT2D eigenvalue weighted by Gasteiger charge is 1.64. The van der Waals surface area contributed by atoms with Gasteiger partial charge in [0.25, 0.3) is 0 Å². The Hall–Kier alpha value is -1.83. The number of guanidine groups is 1. The maximum atomic E-state index is 8.25. The van der Waals surface area contributed by atoms with E-state index >= 15 is 0 Å². The minimum atomic E-state index is -0.500. The fourth-order valence-corrected chi connectivity index (χ4v) is 0. The van der Waals surface area contributed by atoms with Crippen LogP contribution in [0.5, 0.6) is 0 Å². The minimum absolute atomic E-state index is 0. The van der Waals surface area contributed by atoms with E-state index in [1.165, 1.54) is 0 Å². The highest BCUT2D eigenvalue weighted by atomic mass is 16.3. The van der Waals surface area contributed by atoms with Crippen LogP contribution in [-0.4, -0.2) is 18.9 Å². The molecule has 0 aliphatic carbocycles. The van der Waals surface area contributed by atoms with Crippen LogP contribution in [0.2, 0.25) is 0 Å². The molecule has 0 saturated carbocycles. The maximum Gasteiger partial charge on any atom is 0.336 e. The molecular weight excluding hydrogens is 156 g/mol. The van der Waals surface area contributed by atoms with Crippen LogP contribution in [0.1, 0.15) is 0 Å². The van der Waals surface area contributed by atoms with Crippen molar-refractivity contribution >= 4 is 18.9 Å². The number of hydrogen-bond acceptors (Lipinski definition) is 4. The first-order chi connectivity index (χ1) is 4.56. The van der Waals surface area contributed by atoms with Gasteiger partial charge in [-0.2, -0.15) is 0 Å². The lowest BCUT2D eigenvalue weighted by molar-refractivity contribution is -0.284. The van der Waals surface area contributed by atoms with E-state index in [0.29, 0.717) is 0 Å². The zero-order valence-corrected chi connectivity index (χ0v) is 6.02. The molecule has 8 nitrogen and oxygen atoms in total. The lowest BCUT2D eigenvalue weighted by atomic mass is 11.1. The summed E-state index contributed by atoms with van der Waals surface area (Å²) in [6.07, 6.45) is 0. The quantitative estimate of drug-likeness (QED) is 0.158. The van der Waals surface area contributed by atoms with Crippen LogP contribution in [0.15, 0.2) is 0 Å². The topological polar surface area (TPSA) is 194 Å². The first-order valence-corrected chi connectivity index (χ1v) is 1.81. The molecule has 8 heteroatoms. The average Bonchev–Trinajstić information content (AvgIpc) is 1.65. The van der Waals surface area contributed by atoms with Gasteiger partial charge in [-0.15, -0.1) is 0 Å². The van der Waals surface area contributed by atoms with E-state index in [9.17, 15) is 0 Å². The van der Waals surface area contributed by atoms with Crippen LogP contribution in [0, 0.1) is 0 Å². The molecular formula is C3H12N4O4. The Morgan fingerprint density at radius 3 is 1.18 bits per heavy atom. The second-order valence-electron chi connectivity index (χ2n) is 0.692. The van der Waals surface area contributed by atoms with Gasteiger partial charge in [0, 0.05) is 12.9 Å². The number of nitrogens with two attached hydrogens (primary N) is 3. The van der Waals surface area contributed by atoms with Gasteiger partial charge in [0.2, 0.25) is 0 Å². The maximum absolute atomic E-state index is 8.25. The molecule has 0 aliphatic rings. The molecule has 0 aromatic rings. The monoisotopic (exact) mass is 168 g/mol. The number of hydrogen-bond donors (Lipinski definition) is 4. The summed E-state index contributed by atoms with van der Waals surface area (Å²) in [5, 5.41) is 21.1. The fourth-order valence-electron chi connectivity index (χ4n) is 0. The third kappa shape index (κ3) is 92.9. The third-order valence-electron chi connectivity index (χ3n) is 0. The van der Waals surface area contributed by atoms with Crippen molar-refractivity contribution in [2.24, 2.45) is 11.5 Å². The molecule has 11 heavy (non-hydrogen) atoms. The Bertz CT molecular complexity index is 85.3. The molecule has 10 N–H and O–H groups in total. The molecule has 0 aliphatic heterocycles. The molecule has 0 rings (SSSR count). The van der Waals surface area contributed by atoms with E-state index in [0.717, 1.165) is 0 Å². The van der Waals surface area contributed by atoms with Crippen molar-refractivity contribution in [1.29, 1.82) is 0 Å². The fraction of sp³-hybridized carbons (Fsp3) is 0. The van der Waals surface area contributed by atoms with Crippen molar-refractivity contribution in [3.8, 4) is 0 Å². The predicted octanol–water partition coefficient (Wildman–Crippen LogP) is -5.87. The first-order valence-electron chi connectivity index (χ1n) is 1.81. The predicted molar refractivity (Wildman–Crippen MR) is 33.4 cm³/mol. The molecule has 68 valence electrons. The standard InChI is InChI=1S/CH5N3.2CH2O2.H3N/c2-1(3)4;2*2-1-3;/h(H5,2,3,4);2*1H,(H,2,3);1H3. The Morgan fingerprint density at radius 2 is 1.18 bits per heavy atom. The smallest absolute Gasteiger partial charge is 0.336 e. The molecule has 0 atom stereocenters. The largest absolute Gasteiger partial charge is 0.554 e. The van der Waals surface area contributed by atoms with E-state index in [-0.39, 0.29) is 12.1 Å². The zero-order valence-electron chi connectivity index (χ0n) is 6.02. The second kappa shape index (κ2) is 41.8. The Morgan fingerprint density at radius 1 is 1.18 bits per heavy atom. The van der Waals surface area contributed by atoms with E-state index in [4.69, 9.17) is 19.8 Å². The van der Waals surface area contributed by atoms with Gasteiger partial charge >= 0.3 is 5.96 Å². The molecule has 0 unspecified atom stereocenters. The van der Waals surface area contributed by atoms with Crippen molar-refractivity contribution in [1.82, 2.24) is 6.15 Å². The summed E-state index contributed by atoms with van der Waals surface area (Å²) >= 11 is 0. The van der Waals surface area contributed by atoms with Crippen LogP contribution in [0.25, 0.3) is 0 Å². The van der Waals surface area contributed by atoms with E-state index in [1.54, 1.807) is 0 Å². The number of carboxylic acid groups (broad SMARTS) is 2. The summed E-state index contributed by atoms with van der Waals surface area (Å²) < 4.78 is 0. The van der Waals surface area contributed by atoms with Gasteiger partial charge in [-0.05, 0) is 0 Å². The minimum Gasteiger partial charge on any atom is -0.554 e. The zero-order chi connectivity index (χ0) is 8.99. The van der Waals surface area contributed by atoms with Crippen LogP contribution in [0.3, 0.4) is 0 Å².